The zero-order chi connectivity index (χ0) is 26.7. The molecule has 1 fully saturated rings. The summed E-state index contributed by atoms with van der Waals surface area (Å²) in [4.78, 5) is 0. The zero-order valence-electron chi connectivity index (χ0n) is 22.7. The Morgan fingerprint density at radius 2 is 1.50 bits per heavy atom. The molecule has 0 radical (unpaired) electrons. The maximum absolute atomic E-state index is 15.1. The van der Waals surface area contributed by atoms with Crippen LogP contribution in [0.2, 0.25) is 0 Å². The third-order valence-electron chi connectivity index (χ3n) is 7.46. The molecule has 38 heavy (non-hydrogen) atoms. The minimum absolute atomic E-state index is 0.0565. The van der Waals surface area contributed by atoms with Gasteiger partial charge in [0.25, 0.3) is 0 Å². The number of piperidine rings is 1. The van der Waals surface area contributed by atoms with Gasteiger partial charge < -0.3 is 4.74 Å². The number of unbranched alkanes of at least 4 members (excludes halogenated alkanes) is 6. The van der Waals surface area contributed by atoms with Crippen LogP contribution < -0.4 is 5.32 Å². The second kappa shape index (κ2) is 14.4. The van der Waals surface area contributed by atoms with Gasteiger partial charge in [0.1, 0.15) is 17.9 Å². The fraction of sp³-hybridized carbons (Fsp3) is 0.412. The van der Waals surface area contributed by atoms with Gasteiger partial charge in [-0.15, -0.1) is 0 Å². The third-order valence-corrected chi connectivity index (χ3v) is 7.46. The second-order valence-electron chi connectivity index (χ2n) is 10.5. The lowest BCUT2D eigenvalue weighted by Crippen LogP contribution is -2.36. The number of halogens is 2. The molecule has 0 bridgehead atoms. The lowest BCUT2D eigenvalue weighted by molar-refractivity contribution is 0.00794. The maximum atomic E-state index is 15.1. The minimum Gasteiger partial charge on any atom is -0.359 e. The summed E-state index contributed by atoms with van der Waals surface area (Å²) >= 11 is 0. The van der Waals surface area contributed by atoms with Crippen molar-refractivity contribution in [2.24, 2.45) is 0 Å². The normalized spacial score (nSPS) is 15.7. The summed E-state index contributed by atoms with van der Waals surface area (Å²) in [6, 6.07) is 18.3. The van der Waals surface area contributed by atoms with E-state index in [1.54, 1.807) is 6.07 Å². The Hall–Kier alpha value is -2.82. The molecule has 2 nitrogen and oxygen atoms in total. The van der Waals surface area contributed by atoms with Crippen LogP contribution in [0.25, 0.3) is 22.3 Å². The SMILES string of the molecule is C=C1CCC(OCc2ccc(-c3ccc(-c4ccc(CCCCCCCCC)c(F)c4)c(F)c3)cc2)NC1. The van der Waals surface area contributed by atoms with Gasteiger partial charge in [-0.1, -0.05) is 106 Å². The van der Waals surface area contributed by atoms with Crippen molar-refractivity contribution in [2.75, 3.05) is 6.54 Å². The lowest BCUT2D eigenvalue weighted by Gasteiger charge is -2.25. The van der Waals surface area contributed by atoms with Crippen molar-refractivity contribution in [3.05, 3.63) is 95.6 Å². The number of hydrogen-bond acceptors (Lipinski definition) is 2. The van der Waals surface area contributed by atoms with Crippen LogP contribution in [0.3, 0.4) is 0 Å². The van der Waals surface area contributed by atoms with E-state index in [-0.39, 0.29) is 17.9 Å². The largest absolute Gasteiger partial charge is 0.359 e. The fourth-order valence-electron chi connectivity index (χ4n) is 5.04. The molecule has 0 saturated carbocycles. The Bertz CT molecular complexity index is 1180. The van der Waals surface area contributed by atoms with E-state index in [0.717, 1.165) is 55.3 Å². The highest BCUT2D eigenvalue weighted by Gasteiger charge is 2.15. The molecule has 3 aromatic carbocycles. The van der Waals surface area contributed by atoms with Gasteiger partial charge in [0.05, 0.1) is 6.61 Å². The smallest absolute Gasteiger partial charge is 0.131 e. The first kappa shape index (κ1) is 28.2. The molecule has 0 aromatic heterocycles. The molecule has 4 heteroatoms. The molecule has 1 aliphatic rings. The first-order chi connectivity index (χ1) is 18.5. The van der Waals surface area contributed by atoms with Gasteiger partial charge in [-0.05, 0) is 65.6 Å². The highest BCUT2D eigenvalue weighted by molar-refractivity contribution is 5.71. The van der Waals surface area contributed by atoms with Crippen molar-refractivity contribution in [3.8, 4) is 22.3 Å². The molecule has 202 valence electrons. The van der Waals surface area contributed by atoms with E-state index in [1.807, 2.05) is 42.5 Å². The van der Waals surface area contributed by atoms with Gasteiger partial charge in [-0.2, -0.15) is 0 Å². The molecule has 4 rings (SSSR count). The van der Waals surface area contributed by atoms with Gasteiger partial charge in [-0.25, -0.2) is 8.78 Å². The topological polar surface area (TPSA) is 21.3 Å². The van der Waals surface area contributed by atoms with Crippen LogP contribution in [0.4, 0.5) is 8.78 Å². The standard InChI is InChI=1S/C34H41F2NO/c1-3-4-5-6-7-8-9-10-28-16-17-30(22-32(28)35)31-19-18-29(21-33(31)36)27-14-12-26(13-15-27)24-38-34-20-11-25(2)23-37-34/h12-19,21-22,34,37H,2-11,20,23-24H2,1H3. The Labute approximate surface area is 227 Å². The van der Waals surface area contributed by atoms with E-state index < -0.39 is 0 Å². The number of rotatable bonds is 13. The van der Waals surface area contributed by atoms with Crippen LogP contribution in [-0.2, 0) is 17.8 Å². The number of ether oxygens (including phenoxy) is 1. The minimum atomic E-state index is -0.348. The molecule has 1 atom stereocenters. The van der Waals surface area contributed by atoms with E-state index in [9.17, 15) is 4.39 Å². The summed E-state index contributed by atoms with van der Waals surface area (Å²) in [6.45, 7) is 7.55. The first-order valence-corrected chi connectivity index (χ1v) is 14.2. The summed E-state index contributed by atoms with van der Waals surface area (Å²) in [5.74, 6) is -0.595. The molecule has 1 heterocycles. The van der Waals surface area contributed by atoms with E-state index in [1.165, 1.54) is 49.8 Å². The molecular weight excluding hydrogens is 476 g/mol. The Morgan fingerprint density at radius 1 is 0.816 bits per heavy atom. The Balaban J connectivity index is 1.32. The maximum Gasteiger partial charge on any atom is 0.131 e. The molecule has 0 spiro atoms. The van der Waals surface area contributed by atoms with Gasteiger partial charge in [0.15, 0.2) is 0 Å². The highest BCUT2D eigenvalue weighted by atomic mass is 19.1. The van der Waals surface area contributed by atoms with Crippen molar-refractivity contribution in [3.63, 3.8) is 0 Å². The average molecular weight is 518 g/mol. The molecular formula is C34H41F2NO. The van der Waals surface area contributed by atoms with Crippen molar-refractivity contribution in [1.82, 2.24) is 5.32 Å². The summed E-state index contributed by atoms with van der Waals surface area (Å²) in [7, 11) is 0. The number of nitrogens with one attached hydrogen (secondary N) is 1. The number of benzene rings is 3. The molecule has 1 N–H and O–H groups in total. The second-order valence-corrected chi connectivity index (χ2v) is 10.5. The molecule has 0 amide bonds. The quantitative estimate of drug-likeness (QED) is 0.180. The lowest BCUT2D eigenvalue weighted by atomic mass is 9.97. The van der Waals surface area contributed by atoms with E-state index in [4.69, 9.17) is 4.74 Å². The van der Waals surface area contributed by atoms with Crippen molar-refractivity contribution < 1.29 is 13.5 Å². The van der Waals surface area contributed by atoms with Crippen molar-refractivity contribution in [2.45, 2.75) is 84.0 Å². The van der Waals surface area contributed by atoms with Crippen LogP contribution in [0.5, 0.6) is 0 Å². The molecule has 1 aliphatic heterocycles. The van der Waals surface area contributed by atoms with Crippen LogP contribution in [0, 0.1) is 11.6 Å². The van der Waals surface area contributed by atoms with Crippen molar-refractivity contribution >= 4 is 0 Å². The van der Waals surface area contributed by atoms with Gasteiger partial charge in [-0.3, -0.25) is 5.32 Å². The Morgan fingerprint density at radius 3 is 2.18 bits per heavy atom. The van der Waals surface area contributed by atoms with Gasteiger partial charge in [0.2, 0.25) is 0 Å². The van der Waals surface area contributed by atoms with Gasteiger partial charge >= 0.3 is 0 Å². The monoisotopic (exact) mass is 517 g/mol. The summed E-state index contributed by atoms with van der Waals surface area (Å²) in [6.07, 6.45) is 11.2. The molecule has 3 aromatic rings. The molecule has 1 saturated heterocycles. The third kappa shape index (κ3) is 8.09. The van der Waals surface area contributed by atoms with Crippen molar-refractivity contribution in [1.29, 1.82) is 0 Å². The van der Waals surface area contributed by atoms with Gasteiger partial charge in [0, 0.05) is 12.1 Å². The van der Waals surface area contributed by atoms with Crippen LogP contribution in [0.1, 0.15) is 75.8 Å². The number of aryl methyl sites for hydroxylation is 1. The van der Waals surface area contributed by atoms with E-state index >= 15 is 4.39 Å². The predicted molar refractivity (Wildman–Crippen MR) is 154 cm³/mol. The Kier molecular flexibility index (Phi) is 10.7. The number of hydrogen-bond donors (Lipinski definition) is 1. The highest BCUT2D eigenvalue weighted by Crippen LogP contribution is 2.30. The van der Waals surface area contributed by atoms with Crippen LogP contribution in [-0.4, -0.2) is 12.8 Å². The average Bonchev–Trinajstić information content (AvgIpc) is 2.93. The fourth-order valence-corrected chi connectivity index (χ4v) is 5.04. The zero-order valence-corrected chi connectivity index (χ0v) is 22.7. The summed E-state index contributed by atoms with van der Waals surface area (Å²) in [5.41, 5.74) is 5.72. The van der Waals surface area contributed by atoms with E-state index in [2.05, 4.69) is 18.8 Å². The molecule has 0 aliphatic carbocycles. The summed E-state index contributed by atoms with van der Waals surface area (Å²) < 4.78 is 35.9. The van der Waals surface area contributed by atoms with Crippen LogP contribution >= 0.6 is 0 Å². The molecule has 1 unspecified atom stereocenters. The predicted octanol–water partition coefficient (Wildman–Crippen LogP) is 9.37. The first-order valence-electron chi connectivity index (χ1n) is 14.2. The van der Waals surface area contributed by atoms with Crippen LogP contribution in [0.15, 0.2) is 72.8 Å². The van der Waals surface area contributed by atoms with E-state index in [0.29, 0.717) is 23.3 Å². The summed E-state index contributed by atoms with van der Waals surface area (Å²) in [5, 5.41) is 3.34.